The maximum atomic E-state index is 10.0. The molecule has 1 atom stereocenters. The highest BCUT2D eigenvalue weighted by Crippen LogP contribution is 2.26. The molecule has 1 aliphatic rings. The third-order valence-corrected chi connectivity index (χ3v) is 3.26. The molecule has 2 N–H and O–H groups in total. The number of nitrogens with zero attached hydrogens (tertiary/aromatic N) is 3. The van der Waals surface area contributed by atoms with Crippen LogP contribution in [0, 0.1) is 0 Å². The normalized spacial score (nSPS) is 23.4. The molecule has 2 rings (SSSR count). The summed E-state index contributed by atoms with van der Waals surface area (Å²) in [5.74, 6) is 2.62. The average molecular weight is 250 g/mol. The molecular weight excluding hydrogens is 228 g/mol. The monoisotopic (exact) mass is 250 g/mol. The van der Waals surface area contributed by atoms with Gasteiger partial charge in [-0.2, -0.15) is 0 Å². The Balaban J connectivity index is 2.24. The molecule has 1 saturated heterocycles. The van der Waals surface area contributed by atoms with Gasteiger partial charge in [-0.15, -0.1) is 0 Å². The number of hydrogen-bond donors (Lipinski definition) is 2. The second-order valence-corrected chi connectivity index (χ2v) is 5.20. The highest BCUT2D eigenvalue weighted by Gasteiger charge is 2.32. The topological polar surface area (TPSA) is 61.3 Å². The van der Waals surface area contributed by atoms with Gasteiger partial charge in [-0.1, -0.05) is 6.92 Å². The third kappa shape index (κ3) is 2.90. The van der Waals surface area contributed by atoms with Crippen LogP contribution in [0.25, 0.3) is 0 Å². The van der Waals surface area contributed by atoms with Gasteiger partial charge in [-0.3, -0.25) is 0 Å². The van der Waals surface area contributed by atoms with Crippen LogP contribution < -0.4 is 10.2 Å². The van der Waals surface area contributed by atoms with E-state index >= 15 is 0 Å². The second-order valence-electron chi connectivity index (χ2n) is 5.20. The van der Waals surface area contributed by atoms with Gasteiger partial charge in [-0.05, 0) is 19.8 Å². The van der Waals surface area contributed by atoms with Gasteiger partial charge in [0.05, 0.1) is 5.60 Å². The summed E-state index contributed by atoms with van der Waals surface area (Å²) in [6.07, 6.45) is 2.70. The largest absolute Gasteiger partial charge is 0.388 e. The molecule has 100 valence electrons. The van der Waals surface area contributed by atoms with Crippen LogP contribution in [-0.2, 0) is 6.42 Å². The Labute approximate surface area is 108 Å². The van der Waals surface area contributed by atoms with E-state index in [1.54, 1.807) is 0 Å². The van der Waals surface area contributed by atoms with Crippen LogP contribution in [0.2, 0.25) is 0 Å². The summed E-state index contributed by atoms with van der Waals surface area (Å²) in [5.41, 5.74) is -0.602. The van der Waals surface area contributed by atoms with Crippen molar-refractivity contribution in [2.45, 2.75) is 38.7 Å². The van der Waals surface area contributed by atoms with E-state index < -0.39 is 5.60 Å². The molecule has 1 aromatic heterocycles. The molecule has 2 heterocycles. The number of nitrogens with one attached hydrogen (secondary N) is 1. The van der Waals surface area contributed by atoms with Crippen LogP contribution in [0.1, 0.15) is 32.5 Å². The third-order valence-electron chi connectivity index (χ3n) is 3.26. The molecule has 1 unspecified atom stereocenters. The zero-order valence-corrected chi connectivity index (χ0v) is 11.4. The molecule has 1 fully saturated rings. The Hall–Kier alpha value is -1.36. The Bertz CT molecular complexity index is 419. The molecule has 0 amide bonds. The first-order valence-corrected chi connectivity index (χ1v) is 6.57. The van der Waals surface area contributed by atoms with Gasteiger partial charge in [0.25, 0.3) is 0 Å². The standard InChI is InChI=1S/C13H22N4O/c1-4-5-10-15-11(14-3)8-12(16-10)17-7-6-13(2,18)9-17/h8,18H,4-7,9H2,1-3H3,(H,14,15,16). The maximum absolute atomic E-state index is 10.0. The number of aliphatic hydroxyl groups is 1. The predicted octanol–water partition coefficient (Wildman–Crippen LogP) is 1.43. The van der Waals surface area contributed by atoms with Crippen LogP contribution in [0.15, 0.2) is 6.07 Å². The Morgan fingerprint density at radius 3 is 2.83 bits per heavy atom. The average Bonchev–Trinajstić information content (AvgIpc) is 2.70. The van der Waals surface area contributed by atoms with Gasteiger partial charge in [0.2, 0.25) is 0 Å². The SMILES string of the molecule is CCCc1nc(NC)cc(N2CCC(C)(O)C2)n1. The van der Waals surface area contributed by atoms with Crippen LogP contribution in [0.5, 0.6) is 0 Å². The first-order chi connectivity index (χ1) is 8.54. The number of aromatic nitrogens is 2. The minimum Gasteiger partial charge on any atom is -0.388 e. The summed E-state index contributed by atoms with van der Waals surface area (Å²) >= 11 is 0. The van der Waals surface area contributed by atoms with Gasteiger partial charge in [0, 0.05) is 32.6 Å². The number of aryl methyl sites for hydroxylation is 1. The van der Waals surface area contributed by atoms with Crippen molar-refractivity contribution in [3.05, 3.63) is 11.9 Å². The first kappa shape index (κ1) is 13.1. The van der Waals surface area contributed by atoms with E-state index in [1.807, 2.05) is 20.0 Å². The molecule has 5 heteroatoms. The molecule has 1 aliphatic heterocycles. The predicted molar refractivity (Wildman–Crippen MR) is 73.0 cm³/mol. The van der Waals surface area contributed by atoms with Crippen molar-refractivity contribution in [2.75, 3.05) is 30.4 Å². The molecule has 0 aromatic carbocycles. The van der Waals surface area contributed by atoms with E-state index in [2.05, 4.69) is 27.1 Å². The van der Waals surface area contributed by atoms with Crippen molar-refractivity contribution < 1.29 is 5.11 Å². The summed E-state index contributed by atoms with van der Waals surface area (Å²) in [6, 6.07) is 1.94. The van der Waals surface area contributed by atoms with Crippen molar-refractivity contribution in [1.29, 1.82) is 0 Å². The molecule has 18 heavy (non-hydrogen) atoms. The summed E-state index contributed by atoms with van der Waals surface area (Å²) in [7, 11) is 1.86. The Kier molecular flexibility index (Phi) is 3.71. The van der Waals surface area contributed by atoms with Crippen molar-refractivity contribution >= 4 is 11.6 Å². The molecule has 0 aliphatic carbocycles. The zero-order valence-electron chi connectivity index (χ0n) is 11.4. The van der Waals surface area contributed by atoms with E-state index in [1.165, 1.54) is 0 Å². The van der Waals surface area contributed by atoms with E-state index in [4.69, 9.17) is 0 Å². The summed E-state index contributed by atoms with van der Waals surface area (Å²) in [6.45, 7) is 5.48. The molecule has 0 saturated carbocycles. The molecular formula is C13H22N4O. The van der Waals surface area contributed by atoms with E-state index in [9.17, 15) is 5.11 Å². The molecule has 0 bridgehead atoms. The van der Waals surface area contributed by atoms with Gasteiger partial charge in [0.1, 0.15) is 17.5 Å². The molecule has 1 aromatic rings. The molecule has 5 nitrogen and oxygen atoms in total. The van der Waals surface area contributed by atoms with Gasteiger partial charge >= 0.3 is 0 Å². The number of hydrogen-bond acceptors (Lipinski definition) is 5. The zero-order chi connectivity index (χ0) is 13.2. The van der Waals surface area contributed by atoms with Crippen LogP contribution in [0.4, 0.5) is 11.6 Å². The Morgan fingerprint density at radius 2 is 2.28 bits per heavy atom. The smallest absolute Gasteiger partial charge is 0.134 e. The lowest BCUT2D eigenvalue weighted by Crippen LogP contribution is -2.30. The Morgan fingerprint density at radius 1 is 1.50 bits per heavy atom. The van der Waals surface area contributed by atoms with Crippen molar-refractivity contribution in [3.8, 4) is 0 Å². The van der Waals surface area contributed by atoms with E-state index in [0.717, 1.165) is 43.3 Å². The van der Waals surface area contributed by atoms with Gasteiger partial charge < -0.3 is 15.3 Å². The van der Waals surface area contributed by atoms with Crippen LogP contribution in [0.3, 0.4) is 0 Å². The van der Waals surface area contributed by atoms with E-state index in [-0.39, 0.29) is 0 Å². The van der Waals surface area contributed by atoms with Crippen molar-refractivity contribution in [2.24, 2.45) is 0 Å². The minimum absolute atomic E-state index is 0.602. The lowest BCUT2D eigenvalue weighted by Gasteiger charge is -2.20. The fourth-order valence-corrected chi connectivity index (χ4v) is 2.25. The number of β-amino-alcohol motifs (C(OH)–C–C–N with tert-alkyl or cyclic N) is 1. The number of rotatable bonds is 4. The maximum Gasteiger partial charge on any atom is 0.134 e. The fraction of sp³-hybridized carbons (Fsp3) is 0.692. The van der Waals surface area contributed by atoms with Crippen LogP contribution >= 0.6 is 0 Å². The summed E-state index contributed by atoms with van der Waals surface area (Å²) in [4.78, 5) is 11.1. The fourth-order valence-electron chi connectivity index (χ4n) is 2.25. The first-order valence-electron chi connectivity index (χ1n) is 6.57. The lowest BCUT2D eigenvalue weighted by atomic mass is 10.1. The minimum atomic E-state index is -0.602. The highest BCUT2D eigenvalue weighted by molar-refractivity contribution is 5.50. The van der Waals surface area contributed by atoms with Gasteiger partial charge in [-0.25, -0.2) is 9.97 Å². The second kappa shape index (κ2) is 5.10. The van der Waals surface area contributed by atoms with Gasteiger partial charge in [0.15, 0.2) is 0 Å². The summed E-state index contributed by atoms with van der Waals surface area (Å²) < 4.78 is 0. The lowest BCUT2D eigenvalue weighted by molar-refractivity contribution is 0.0839. The number of anilines is 2. The van der Waals surface area contributed by atoms with E-state index in [0.29, 0.717) is 6.54 Å². The summed E-state index contributed by atoms with van der Waals surface area (Å²) in [5, 5.41) is 13.1. The van der Waals surface area contributed by atoms with Crippen LogP contribution in [-0.4, -0.2) is 40.8 Å². The molecule has 0 spiro atoms. The van der Waals surface area contributed by atoms with Crippen molar-refractivity contribution in [1.82, 2.24) is 9.97 Å². The van der Waals surface area contributed by atoms with Crippen molar-refractivity contribution in [3.63, 3.8) is 0 Å². The highest BCUT2D eigenvalue weighted by atomic mass is 16.3. The molecule has 0 radical (unpaired) electrons. The quantitative estimate of drug-likeness (QED) is 0.846.